The molecule has 0 saturated carbocycles. The van der Waals surface area contributed by atoms with Crippen molar-refractivity contribution in [3.8, 4) is 11.5 Å². The second-order valence-corrected chi connectivity index (χ2v) is 5.74. The van der Waals surface area contributed by atoms with Crippen molar-refractivity contribution < 1.29 is 18.8 Å². The first-order valence-electron chi connectivity index (χ1n) is 5.80. The van der Waals surface area contributed by atoms with Crippen molar-refractivity contribution in [3.05, 3.63) is 43.2 Å². The van der Waals surface area contributed by atoms with E-state index in [1.807, 2.05) is 0 Å². The van der Waals surface area contributed by atoms with E-state index in [0.717, 1.165) is 4.47 Å². The van der Waals surface area contributed by atoms with Crippen LogP contribution in [0.3, 0.4) is 0 Å². The Labute approximate surface area is 135 Å². The maximum Gasteiger partial charge on any atom is 0.296 e. The van der Waals surface area contributed by atoms with E-state index >= 15 is 0 Å². The fourth-order valence-electron chi connectivity index (χ4n) is 1.88. The van der Waals surface area contributed by atoms with Crippen molar-refractivity contribution >= 4 is 43.2 Å². The summed E-state index contributed by atoms with van der Waals surface area (Å²) in [6.07, 6.45) is 0. The molecule has 3 rings (SSSR count). The molecule has 0 fully saturated rings. The van der Waals surface area contributed by atoms with Crippen molar-refractivity contribution in [1.29, 1.82) is 0 Å². The molecule has 1 aliphatic rings. The van der Waals surface area contributed by atoms with Crippen molar-refractivity contribution in [1.82, 2.24) is 0 Å². The molecule has 0 bridgehead atoms. The molecule has 0 aliphatic carbocycles. The lowest BCUT2D eigenvalue weighted by Gasteiger charge is -2.06. The summed E-state index contributed by atoms with van der Waals surface area (Å²) in [5, 5.41) is 14.1. The third-order valence-corrected chi connectivity index (χ3v) is 4.55. The number of fused-ring (bicyclic) bond motifs is 1. The molecule has 0 saturated heterocycles. The third kappa shape index (κ3) is 2.84. The van der Waals surface area contributed by atoms with Crippen LogP contribution in [-0.2, 0) is 6.54 Å². The predicted molar refractivity (Wildman–Crippen MR) is 80.7 cm³/mol. The van der Waals surface area contributed by atoms with E-state index in [1.54, 1.807) is 12.1 Å². The van der Waals surface area contributed by atoms with Crippen LogP contribution >= 0.6 is 31.9 Å². The van der Waals surface area contributed by atoms with Gasteiger partial charge in [-0.05, 0) is 37.9 Å². The number of nitro benzene ring substituents is 1. The molecule has 110 valence electrons. The van der Waals surface area contributed by atoms with Gasteiger partial charge in [-0.3, -0.25) is 10.1 Å². The van der Waals surface area contributed by atoms with Crippen molar-refractivity contribution in [3.63, 3.8) is 0 Å². The van der Waals surface area contributed by atoms with Gasteiger partial charge in [0, 0.05) is 6.07 Å². The molecular formula is C12H8Br2N2O5. The highest BCUT2D eigenvalue weighted by Gasteiger charge is 2.23. The summed E-state index contributed by atoms with van der Waals surface area (Å²) in [7, 11) is 0. The van der Waals surface area contributed by atoms with Gasteiger partial charge >= 0.3 is 0 Å². The lowest BCUT2D eigenvalue weighted by atomic mass is 10.2. The number of ether oxygens (including phenoxy) is 2. The minimum atomic E-state index is -0.474. The SMILES string of the molecule is O=[N+]([O-])c1cc2c(cc1NCc1cc(Br)c(Br)o1)OCO2. The number of hydrogen-bond acceptors (Lipinski definition) is 6. The van der Waals surface area contributed by atoms with E-state index < -0.39 is 4.92 Å². The van der Waals surface area contributed by atoms with Gasteiger partial charge < -0.3 is 19.2 Å². The van der Waals surface area contributed by atoms with E-state index in [0.29, 0.717) is 34.2 Å². The summed E-state index contributed by atoms with van der Waals surface area (Å²) < 4.78 is 17.1. The zero-order valence-electron chi connectivity index (χ0n) is 10.4. The number of anilines is 1. The third-order valence-electron chi connectivity index (χ3n) is 2.84. The van der Waals surface area contributed by atoms with Crippen LogP contribution in [0.25, 0.3) is 0 Å². The summed E-state index contributed by atoms with van der Waals surface area (Å²) in [4.78, 5) is 10.6. The summed E-state index contributed by atoms with van der Waals surface area (Å²) in [5.41, 5.74) is 0.261. The van der Waals surface area contributed by atoms with E-state index in [4.69, 9.17) is 13.9 Å². The van der Waals surface area contributed by atoms with Crippen LogP contribution in [0.1, 0.15) is 5.76 Å². The minimum absolute atomic E-state index is 0.0635. The van der Waals surface area contributed by atoms with Gasteiger partial charge in [0.1, 0.15) is 11.4 Å². The van der Waals surface area contributed by atoms with Crippen molar-refractivity contribution in [2.75, 3.05) is 12.1 Å². The number of rotatable bonds is 4. The summed E-state index contributed by atoms with van der Waals surface area (Å²) >= 11 is 6.54. The highest BCUT2D eigenvalue weighted by atomic mass is 79.9. The van der Waals surface area contributed by atoms with Gasteiger partial charge in [0.2, 0.25) is 6.79 Å². The first-order valence-corrected chi connectivity index (χ1v) is 7.39. The molecule has 0 unspecified atom stereocenters. The van der Waals surface area contributed by atoms with E-state index in [1.165, 1.54) is 6.07 Å². The van der Waals surface area contributed by atoms with E-state index in [2.05, 4.69) is 37.2 Å². The van der Waals surface area contributed by atoms with E-state index in [-0.39, 0.29) is 12.5 Å². The molecule has 7 nitrogen and oxygen atoms in total. The second kappa shape index (κ2) is 5.57. The van der Waals surface area contributed by atoms with Crippen LogP contribution < -0.4 is 14.8 Å². The highest BCUT2D eigenvalue weighted by Crippen LogP contribution is 2.40. The Morgan fingerprint density at radius 1 is 1.24 bits per heavy atom. The number of halogens is 2. The first-order chi connectivity index (χ1) is 10.0. The van der Waals surface area contributed by atoms with Gasteiger partial charge in [0.25, 0.3) is 5.69 Å². The summed E-state index contributed by atoms with van der Waals surface area (Å²) in [6.45, 7) is 0.360. The zero-order valence-corrected chi connectivity index (χ0v) is 13.6. The summed E-state index contributed by atoms with van der Waals surface area (Å²) in [5.74, 6) is 1.47. The predicted octanol–water partition coefficient (Wildman–Crippen LogP) is 4.05. The fraction of sp³-hybridized carbons (Fsp3) is 0.167. The number of furan rings is 1. The molecule has 0 amide bonds. The van der Waals surface area contributed by atoms with Gasteiger partial charge in [0.15, 0.2) is 16.2 Å². The number of nitrogens with one attached hydrogen (secondary N) is 1. The smallest absolute Gasteiger partial charge is 0.296 e. The molecule has 0 radical (unpaired) electrons. The van der Waals surface area contributed by atoms with Gasteiger partial charge in [-0.1, -0.05) is 0 Å². The van der Waals surface area contributed by atoms with Gasteiger partial charge in [0.05, 0.1) is 22.0 Å². The zero-order chi connectivity index (χ0) is 15.0. The topological polar surface area (TPSA) is 86.8 Å². The molecule has 1 aromatic carbocycles. The Morgan fingerprint density at radius 3 is 2.57 bits per heavy atom. The minimum Gasteiger partial charge on any atom is -0.454 e. The second-order valence-electron chi connectivity index (χ2n) is 4.17. The molecule has 21 heavy (non-hydrogen) atoms. The maximum absolute atomic E-state index is 11.1. The Bertz CT molecular complexity index is 696. The molecule has 1 N–H and O–H groups in total. The van der Waals surface area contributed by atoms with Gasteiger partial charge in [-0.15, -0.1) is 0 Å². The quantitative estimate of drug-likeness (QED) is 0.594. The van der Waals surface area contributed by atoms with Crippen LogP contribution in [0.2, 0.25) is 0 Å². The molecular weight excluding hydrogens is 412 g/mol. The molecule has 2 aromatic rings. The average molecular weight is 420 g/mol. The van der Waals surface area contributed by atoms with Gasteiger partial charge in [-0.2, -0.15) is 0 Å². The number of benzene rings is 1. The Hall–Kier alpha value is -1.74. The van der Waals surface area contributed by atoms with Crippen molar-refractivity contribution in [2.24, 2.45) is 0 Å². The number of nitro groups is 1. The Kier molecular flexibility index (Phi) is 3.77. The highest BCUT2D eigenvalue weighted by molar-refractivity contribution is 9.13. The summed E-state index contributed by atoms with van der Waals surface area (Å²) in [6, 6.07) is 4.67. The monoisotopic (exact) mass is 418 g/mol. The average Bonchev–Trinajstić information content (AvgIpc) is 3.02. The molecule has 0 spiro atoms. The standard InChI is InChI=1S/C12H8Br2N2O5/c13-7-1-6(21-12(7)14)4-15-8-2-10-11(20-5-19-10)3-9(8)16(17)18/h1-3,15H,4-5H2. The lowest BCUT2D eigenvalue weighted by Crippen LogP contribution is -2.02. The fourth-order valence-corrected chi connectivity index (χ4v) is 2.54. The molecule has 1 aliphatic heterocycles. The molecule has 1 aromatic heterocycles. The maximum atomic E-state index is 11.1. The first kappa shape index (κ1) is 14.2. The number of hydrogen-bond donors (Lipinski definition) is 1. The molecule has 2 heterocycles. The van der Waals surface area contributed by atoms with Crippen LogP contribution in [0.5, 0.6) is 11.5 Å². The van der Waals surface area contributed by atoms with Gasteiger partial charge in [-0.25, -0.2) is 0 Å². The van der Waals surface area contributed by atoms with Crippen LogP contribution in [0, 0.1) is 10.1 Å². The largest absolute Gasteiger partial charge is 0.454 e. The Morgan fingerprint density at radius 2 is 1.95 bits per heavy atom. The number of nitrogens with zero attached hydrogens (tertiary/aromatic N) is 1. The molecule has 0 atom stereocenters. The lowest BCUT2D eigenvalue weighted by molar-refractivity contribution is -0.384. The molecule has 9 heteroatoms. The van der Waals surface area contributed by atoms with Crippen LogP contribution in [-0.4, -0.2) is 11.7 Å². The Balaban J connectivity index is 1.85. The van der Waals surface area contributed by atoms with Crippen LogP contribution in [0.4, 0.5) is 11.4 Å². The van der Waals surface area contributed by atoms with Crippen LogP contribution in [0.15, 0.2) is 31.8 Å². The van der Waals surface area contributed by atoms with E-state index in [9.17, 15) is 10.1 Å². The van der Waals surface area contributed by atoms with Crippen molar-refractivity contribution in [2.45, 2.75) is 6.54 Å². The normalized spacial score (nSPS) is 12.5.